The Morgan fingerprint density at radius 1 is 1.10 bits per heavy atom. The van der Waals surface area contributed by atoms with Crippen molar-refractivity contribution in [1.29, 1.82) is 0 Å². The maximum Gasteiger partial charge on any atom is 0.244 e. The van der Waals surface area contributed by atoms with Crippen molar-refractivity contribution in [2.45, 2.75) is 25.4 Å². The molecule has 1 aromatic heterocycles. The number of nitrogens with zero attached hydrogens (tertiary/aromatic N) is 3. The second-order valence-electron chi connectivity index (χ2n) is 7.46. The largest absolute Gasteiger partial charge is 0.349 e. The predicted molar refractivity (Wildman–Crippen MR) is 115 cm³/mol. The molecule has 2 aromatic carbocycles. The number of carbonyl (C=O) groups is 1. The van der Waals surface area contributed by atoms with Crippen LogP contribution in [0.25, 0.3) is 11.8 Å². The van der Waals surface area contributed by atoms with Gasteiger partial charge in [0.2, 0.25) is 5.91 Å². The number of benzene rings is 2. The minimum atomic E-state index is -0.0518. The highest BCUT2D eigenvalue weighted by molar-refractivity contribution is 5.91. The molecule has 1 aliphatic heterocycles. The smallest absolute Gasteiger partial charge is 0.244 e. The average molecular weight is 386 g/mol. The number of nitrogens with one attached hydrogen (secondary N) is 1. The second-order valence-corrected chi connectivity index (χ2v) is 7.46. The van der Waals surface area contributed by atoms with Crippen molar-refractivity contribution in [3.63, 3.8) is 0 Å². The summed E-state index contributed by atoms with van der Waals surface area (Å²) in [4.78, 5) is 14.8. The van der Waals surface area contributed by atoms with Gasteiger partial charge in [0.1, 0.15) is 0 Å². The van der Waals surface area contributed by atoms with E-state index in [1.165, 1.54) is 5.56 Å². The topological polar surface area (TPSA) is 50.2 Å². The second kappa shape index (κ2) is 9.34. The Morgan fingerprint density at radius 2 is 1.86 bits per heavy atom. The maximum atomic E-state index is 12.4. The summed E-state index contributed by atoms with van der Waals surface area (Å²) in [5, 5.41) is 7.51. The molecule has 1 unspecified atom stereocenters. The summed E-state index contributed by atoms with van der Waals surface area (Å²) < 4.78 is 1.81. The van der Waals surface area contributed by atoms with Crippen LogP contribution in [-0.4, -0.2) is 39.7 Å². The molecular formula is C24H26N4O. The van der Waals surface area contributed by atoms with Crippen LogP contribution in [0.2, 0.25) is 0 Å². The lowest BCUT2D eigenvalue weighted by Gasteiger charge is -2.33. The number of hydrogen-bond acceptors (Lipinski definition) is 3. The van der Waals surface area contributed by atoms with Crippen molar-refractivity contribution in [1.82, 2.24) is 20.0 Å². The summed E-state index contributed by atoms with van der Waals surface area (Å²) >= 11 is 0. The molecule has 1 amide bonds. The Hall–Kier alpha value is -3.18. The molecule has 1 fully saturated rings. The molecule has 0 aliphatic carbocycles. The molecule has 0 radical (unpaired) electrons. The van der Waals surface area contributed by atoms with Gasteiger partial charge in [0.15, 0.2) is 0 Å². The van der Waals surface area contributed by atoms with Gasteiger partial charge in [-0.1, -0.05) is 48.5 Å². The molecular weight excluding hydrogens is 360 g/mol. The Morgan fingerprint density at radius 3 is 2.66 bits per heavy atom. The quantitative estimate of drug-likeness (QED) is 0.658. The van der Waals surface area contributed by atoms with Crippen molar-refractivity contribution in [3.05, 3.63) is 90.3 Å². The summed E-state index contributed by atoms with van der Waals surface area (Å²) in [6, 6.07) is 20.6. The lowest BCUT2D eigenvalue weighted by molar-refractivity contribution is -0.117. The highest BCUT2D eigenvalue weighted by Gasteiger charge is 2.20. The van der Waals surface area contributed by atoms with E-state index in [0.717, 1.165) is 43.7 Å². The van der Waals surface area contributed by atoms with E-state index in [1.807, 2.05) is 48.7 Å². The average Bonchev–Trinajstić information content (AvgIpc) is 3.23. The lowest BCUT2D eigenvalue weighted by atomic mass is 10.0. The first-order valence-corrected chi connectivity index (χ1v) is 10.1. The molecule has 0 spiro atoms. The first kappa shape index (κ1) is 19.2. The fourth-order valence-electron chi connectivity index (χ4n) is 3.72. The van der Waals surface area contributed by atoms with Crippen molar-refractivity contribution in [2.75, 3.05) is 13.1 Å². The van der Waals surface area contributed by atoms with Gasteiger partial charge >= 0.3 is 0 Å². The zero-order chi connectivity index (χ0) is 19.9. The summed E-state index contributed by atoms with van der Waals surface area (Å²) in [5.41, 5.74) is 3.21. The molecule has 29 heavy (non-hydrogen) atoms. The van der Waals surface area contributed by atoms with E-state index in [2.05, 4.69) is 39.6 Å². The Labute approximate surface area is 171 Å². The SMILES string of the molecule is O=C(/C=C/c1cnn(-c2ccccc2)c1)NC1CCCN(Cc2ccccc2)C1. The number of hydrogen-bond donors (Lipinski definition) is 1. The van der Waals surface area contributed by atoms with Crippen LogP contribution in [0.15, 0.2) is 79.1 Å². The standard InChI is InChI=1S/C24H26N4O/c29-24(14-13-21-16-25-28(18-21)23-11-5-2-6-12-23)26-22-10-7-15-27(19-22)17-20-8-3-1-4-9-20/h1-6,8-9,11-14,16,18,22H,7,10,15,17,19H2,(H,26,29)/b14-13+. The van der Waals surface area contributed by atoms with Gasteiger partial charge in [0.25, 0.3) is 0 Å². The first-order valence-electron chi connectivity index (χ1n) is 10.1. The van der Waals surface area contributed by atoms with Gasteiger partial charge in [0.05, 0.1) is 11.9 Å². The summed E-state index contributed by atoms with van der Waals surface area (Å²) in [6.45, 7) is 2.90. The predicted octanol–water partition coefficient (Wildman–Crippen LogP) is 3.67. The van der Waals surface area contributed by atoms with Crippen molar-refractivity contribution in [2.24, 2.45) is 0 Å². The molecule has 1 N–H and O–H groups in total. The molecule has 4 rings (SSSR count). The molecule has 0 saturated carbocycles. The third-order valence-electron chi connectivity index (χ3n) is 5.15. The Balaban J connectivity index is 1.29. The monoisotopic (exact) mass is 386 g/mol. The highest BCUT2D eigenvalue weighted by atomic mass is 16.1. The Kier molecular flexibility index (Phi) is 6.17. The molecule has 1 saturated heterocycles. The van der Waals surface area contributed by atoms with Crippen molar-refractivity contribution in [3.8, 4) is 5.69 Å². The van der Waals surface area contributed by atoms with Crippen LogP contribution in [-0.2, 0) is 11.3 Å². The van der Waals surface area contributed by atoms with Gasteiger partial charge < -0.3 is 5.32 Å². The van der Waals surface area contributed by atoms with Gasteiger partial charge in [0, 0.05) is 37.0 Å². The van der Waals surface area contributed by atoms with Crippen LogP contribution < -0.4 is 5.32 Å². The van der Waals surface area contributed by atoms with Gasteiger partial charge in [-0.15, -0.1) is 0 Å². The minimum absolute atomic E-state index is 0.0518. The van der Waals surface area contributed by atoms with E-state index in [-0.39, 0.29) is 11.9 Å². The van der Waals surface area contributed by atoms with Gasteiger partial charge in [-0.05, 0) is 43.2 Å². The summed E-state index contributed by atoms with van der Waals surface area (Å²) in [6.07, 6.45) is 9.22. The molecule has 2 heterocycles. The minimum Gasteiger partial charge on any atom is -0.349 e. The normalized spacial score (nSPS) is 17.4. The maximum absolute atomic E-state index is 12.4. The molecule has 5 heteroatoms. The highest BCUT2D eigenvalue weighted by Crippen LogP contribution is 2.14. The zero-order valence-corrected chi connectivity index (χ0v) is 16.4. The number of likely N-dealkylation sites (tertiary alicyclic amines) is 1. The van der Waals surface area contributed by atoms with Crippen LogP contribution in [0.4, 0.5) is 0 Å². The van der Waals surface area contributed by atoms with Crippen molar-refractivity contribution >= 4 is 12.0 Å². The number of piperidine rings is 1. The Bertz CT molecular complexity index is 949. The van der Waals surface area contributed by atoms with Gasteiger partial charge in [-0.3, -0.25) is 9.69 Å². The van der Waals surface area contributed by atoms with Crippen LogP contribution in [0.3, 0.4) is 0 Å². The van der Waals surface area contributed by atoms with E-state index in [0.29, 0.717) is 0 Å². The van der Waals surface area contributed by atoms with E-state index < -0.39 is 0 Å². The third-order valence-corrected chi connectivity index (χ3v) is 5.15. The number of para-hydroxylation sites is 1. The van der Waals surface area contributed by atoms with Crippen LogP contribution in [0.5, 0.6) is 0 Å². The molecule has 5 nitrogen and oxygen atoms in total. The number of aromatic nitrogens is 2. The van der Waals surface area contributed by atoms with E-state index in [9.17, 15) is 4.79 Å². The van der Waals surface area contributed by atoms with Crippen LogP contribution in [0, 0.1) is 0 Å². The van der Waals surface area contributed by atoms with Gasteiger partial charge in [-0.25, -0.2) is 4.68 Å². The van der Waals surface area contributed by atoms with E-state index in [4.69, 9.17) is 0 Å². The van der Waals surface area contributed by atoms with E-state index in [1.54, 1.807) is 17.0 Å². The molecule has 1 atom stereocenters. The molecule has 3 aromatic rings. The lowest BCUT2D eigenvalue weighted by Crippen LogP contribution is -2.46. The van der Waals surface area contributed by atoms with E-state index >= 15 is 0 Å². The van der Waals surface area contributed by atoms with Crippen molar-refractivity contribution < 1.29 is 4.79 Å². The molecule has 1 aliphatic rings. The van der Waals surface area contributed by atoms with Gasteiger partial charge in [-0.2, -0.15) is 5.10 Å². The molecule has 0 bridgehead atoms. The zero-order valence-electron chi connectivity index (χ0n) is 16.4. The fourth-order valence-corrected chi connectivity index (χ4v) is 3.72. The number of amides is 1. The third kappa shape index (κ3) is 5.42. The molecule has 148 valence electrons. The number of carbonyl (C=O) groups excluding carboxylic acids is 1. The van der Waals surface area contributed by atoms with Crippen LogP contribution in [0.1, 0.15) is 24.0 Å². The number of rotatable bonds is 6. The fraction of sp³-hybridized carbons (Fsp3) is 0.250. The summed E-state index contributed by atoms with van der Waals surface area (Å²) in [7, 11) is 0. The van der Waals surface area contributed by atoms with Crippen LogP contribution >= 0.6 is 0 Å². The first-order chi connectivity index (χ1) is 14.3. The summed E-state index contributed by atoms with van der Waals surface area (Å²) in [5.74, 6) is -0.0518.